The van der Waals surface area contributed by atoms with Crippen molar-refractivity contribution in [3.05, 3.63) is 100 Å². The van der Waals surface area contributed by atoms with Crippen LogP contribution in [0.15, 0.2) is 83.8 Å². The number of rotatable bonds is 5. The second-order valence-corrected chi connectivity index (χ2v) is 8.94. The monoisotopic (exact) mass is 456 g/mol. The molecular formula is C22H14Cl2N2O3S. The Morgan fingerprint density at radius 2 is 1.57 bits per heavy atom. The Balaban J connectivity index is 1.86. The molecule has 1 heterocycles. The minimum atomic E-state index is -4.01. The molecule has 0 spiro atoms. The number of ketones is 1. The number of hydrogen-bond donors (Lipinski definition) is 1. The van der Waals surface area contributed by atoms with E-state index >= 15 is 0 Å². The van der Waals surface area contributed by atoms with Crippen LogP contribution in [0.4, 0.5) is 5.69 Å². The maximum atomic E-state index is 13.0. The van der Waals surface area contributed by atoms with Crippen LogP contribution >= 0.6 is 23.2 Å². The third-order valence-electron chi connectivity index (χ3n) is 4.41. The molecule has 8 heteroatoms. The number of halogens is 2. The highest BCUT2D eigenvalue weighted by molar-refractivity contribution is 7.92. The molecule has 0 bridgehead atoms. The van der Waals surface area contributed by atoms with Crippen molar-refractivity contribution in [3.8, 4) is 0 Å². The van der Waals surface area contributed by atoms with E-state index in [0.29, 0.717) is 21.5 Å². The van der Waals surface area contributed by atoms with Crippen LogP contribution in [0.1, 0.15) is 16.1 Å². The van der Waals surface area contributed by atoms with Crippen molar-refractivity contribution in [2.75, 3.05) is 4.72 Å². The van der Waals surface area contributed by atoms with Crippen molar-refractivity contribution in [2.24, 2.45) is 0 Å². The van der Waals surface area contributed by atoms with Crippen molar-refractivity contribution in [2.45, 2.75) is 4.90 Å². The Morgan fingerprint density at radius 1 is 0.867 bits per heavy atom. The van der Waals surface area contributed by atoms with Gasteiger partial charge in [0.25, 0.3) is 10.0 Å². The van der Waals surface area contributed by atoms with E-state index in [1.165, 1.54) is 18.2 Å². The standard InChI is InChI=1S/C22H14Cl2N2O3S/c23-15-10-11-16-18(12-15)25-20(22(27)14-6-2-1-3-7-14)13-19(16)26-30(28,29)21-9-5-4-8-17(21)24/h1-13H,(H,25,26). The third kappa shape index (κ3) is 4.03. The quantitative estimate of drug-likeness (QED) is 0.398. The maximum Gasteiger partial charge on any atom is 0.263 e. The molecule has 0 amide bonds. The lowest BCUT2D eigenvalue weighted by molar-refractivity contribution is 0.103. The maximum absolute atomic E-state index is 13.0. The molecule has 0 aliphatic rings. The van der Waals surface area contributed by atoms with E-state index in [2.05, 4.69) is 9.71 Å². The number of fused-ring (bicyclic) bond motifs is 1. The Bertz CT molecular complexity index is 1370. The van der Waals surface area contributed by atoms with Gasteiger partial charge < -0.3 is 0 Å². The molecule has 0 aliphatic carbocycles. The second-order valence-electron chi connectivity index (χ2n) is 6.45. The van der Waals surface area contributed by atoms with Gasteiger partial charge in [-0.2, -0.15) is 0 Å². The van der Waals surface area contributed by atoms with Crippen molar-refractivity contribution in [1.82, 2.24) is 4.98 Å². The molecule has 0 radical (unpaired) electrons. The highest BCUT2D eigenvalue weighted by Crippen LogP contribution is 2.30. The lowest BCUT2D eigenvalue weighted by Gasteiger charge is -2.13. The lowest BCUT2D eigenvalue weighted by atomic mass is 10.1. The zero-order valence-corrected chi connectivity index (χ0v) is 17.7. The summed E-state index contributed by atoms with van der Waals surface area (Å²) in [6.45, 7) is 0. The van der Waals surface area contributed by atoms with Gasteiger partial charge in [0.1, 0.15) is 10.6 Å². The molecule has 150 valence electrons. The number of pyridine rings is 1. The van der Waals surface area contributed by atoms with Crippen LogP contribution in [0.25, 0.3) is 10.9 Å². The van der Waals surface area contributed by atoms with Crippen LogP contribution in [0, 0.1) is 0 Å². The molecule has 1 aromatic heterocycles. The van der Waals surface area contributed by atoms with Gasteiger partial charge in [0, 0.05) is 16.0 Å². The molecule has 4 rings (SSSR count). The fourth-order valence-corrected chi connectivity index (χ4v) is 4.76. The lowest BCUT2D eigenvalue weighted by Crippen LogP contribution is -2.15. The Kier molecular flexibility index (Phi) is 5.47. The number of benzene rings is 3. The summed E-state index contributed by atoms with van der Waals surface area (Å²) in [6, 6.07) is 21.0. The summed E-state index contributed by atoms with van der Waals surface area (Å²) >= 11 is 12.2. The minimum Gasteiger partial charge on any atom is -0.287 e. The molecule has 1 N–H and O–H groups in total. The zero-order chi connectivity index (χ0) is 21.3. The number of carbonyl (C=O) groups is 1. The van der Waals surface area contributed by atoms with Crippen molar-refractivity contribution < 1.29 is 13.2 Å². The minimum absolute atomic E-state index is 0.0680. The molecule has 3 aromatic carbocycles. The second kappa shape index (κ2) is 8.07. The Hall–Kier alpha value is -2.93. The summed E-state index contributed by atoms with van der Waals surface area (Å²) in [5.74, 6) is -0.337. The van der Waals surface area contributed by atoms with E-state index in [1.54, 1.807) is 60.7 Å². The summed E-state index contributed by atoms with van der Waals surface area (Å²) in [7, 11) is -4.01. The number of aromatic nitrogens is 1. The number of carbonyl (C=O) groups excluding carboxylic acids is 1. The first-order valence-electron chi connectivity index (χ1n) is 8.82. The van der Waals surface area contributed by atoms with E-state index in [0.717, 1.165) is 0 Å². The van der Waals surface area contributed by atoms with Crippen LogP contribution in [-0.2, 0) is 10.0 Å². The van der Waals surface area contributed by atoms with Crippen LogP contribution in [0.3, 0.4) is 0 Å². The first-order valence-corrected chi connectivity index (χ1v) is 11.1. The molecule has 0 saturated carbocycles. The van der Waals surface area contributed by atoms with Gasteiger partial charge in [-0.05, 0) is 36.4 Å². The van der Waals surface area contributed by atoms with Gasteiger partial charge in [-0.3, -0.25) is 9.52 Å². The van der Waals surface area contributed by atoms with Crippen molar-refractivity contribution in [3.63, 3.8) is 0 Å². The summed E-state index contributed by atoms with van der Waals surface area (Å²) in [6.07, 6.45) is 0. The van der Waals surface area contributed by atoms with Gasteiger partial charge in [0.15, 0.2) is 0 Å². The van der Waals surface area contributed by atoms with E-state index in [1.807, 2.05) is 0 Å². The summed E-state index contributed by atoms with van der Waals surface area (Å²) < 4.78 is 28.5. The van der Waals surface area contributed by atoms with Gasteiger partial charge in [-0.15, -0.1) is 0 Å². The number of nitrogens with zero attached hydrogens (tertiary/aromatic N) is 1. The molecule has 0 unspecified atom stereocenters. The highest BCUT2D eigenvalue weighted by atomic mass is 35.5. The summed E-state index contributed by atoms with van der Waals surface area (Å²) in [4.78, 5) is 17.3. The molecule has 0 atom stereocenters. The first-order chi connectivity index (χ1) is 14.3. The van der Waals surface area contributed by atoms with E-state index in [4.69, 9.17) is 23.2 Å². The number of sulfonamides is 1. The van der Waals surface area contributed by atoms with Gasteiger partial charge in [0.05, 0.1) is 16.2 Å². The summed E-state index contributed by atoms with van der Waals surface area (Å²) in [5.41, 5.74) is 1.12. The molecule has 30 heavy (non-hydrogen) atoms. The molecule has 0 fully saturated rings. The predicted octanol–water partition coefficient (Wildman–Crippen LogP) is 5.57. The fourth-order valence-electron chi connectivity index (χ4n) is 3.00. The Labute approximate surface area is 183 Å². The van der Waals surface area contributed by atoms with E-state index < -0.39 is 10.0 Å². The topological polar surface area (TPSA) is 76.1 Å². The first kappa shape index (κ1) is 20.3. The van der Waals surface area contributed by atoms with Crippen molar-refractivity contribution in [1.29, 1.82) is 0 Å². The average Bonchev–Trinajstić information content (AvgIpc) is 2.73. The SMILES string of the molecule is O=C(c1ccccc1)c1cc(NS(=O)(=O)c2ccccc2Cl)c2ccc(Cl)cc2n1. The predicted molar refractivity (Wildman–Crippen MR) is 119 cm³/mol. The number of nitrogens with one attached hydrogen (secondary N) is 1. The Morgan fingerprint density at radius 3 is 2.30 bits per heavy atom. The van der Waals surface area contributed by atoms with Crippen LogP contribution in [-0.4, -0.2) is 19.2 Å². The third-order valence-corrected chi connectivity index (χ3v) is 6.51. The largest absolute Gasteiger partial charge is 0.287 e. The number of hydrogen-bond acceptors (Lipinski definition) is 4. The normalized spacial score (nSPS) is 11.4. The highest BCUT2D eigenvalue weighted by Gasteiger charge is 2.21. The zero-order valence-electron chi connectivity index (χ0n) is 15.3. The molecule has 5 nitrogen and oxygen atoms in total. The van der Waals surface area contributed by atoms with Crippen LogP contribution in [0.5, 0.6) is 0 Å². The van der Waals surface area contributed by atoms with Crippen LogP contribution in [0.2, 0.25) is 10.0 Å². The molecular weight excluding hydrogens is 443 g/mol. The summed E-state index contributed by atoms with van der Waals surface area (Å²) in [5, 5.41) is 1.01. The smallest absolute Gasteiger partial charge is 0.263 e. The van der Waals surface area contributed by atoms with Crippen molar-refractivity contribution >= 4 is 55.6 Å². The molecule has 4 aromatic rings. The van der Waals surface area contributed by atoms with Gasteiger partial charge in [-0.25, -0.2) is 13.4 Å². The molecule has 0 aliphatic heterocycles. The fraction of sp³-hybridized carbons (Fsp3) is 0. The van der Waals surface area contributed by atoms with Gasteiger partial charge >= 0.3 is 0 Å². The molecule has 0 saturated heterocycles. The van der Waals surface area contributed by atoms with Crippen LogP contribution < -0.4 is 4.72 Å². The van der Waals surface area contributed by atoms with E-state index in [-0.39, 0.29) is 27.1 Å². The average molecular weight is 457 g/mol. The van der Waals surface area contributed by atoms with Gasteiger partial charge in [0.2, 0.25) is 5.78 Å². The van der Waals surface area contributed by atoms with E-state index in [9.17, 15) is 13.2 Å². The number of anilines is 1. The van der Waals surface area contributed by atoms with Gasteiger partial charge in [-0.1, -0.05) is 65.7 Å².